The summed E-state index contributed by atoms with van der Waals surface area (Å²) in [5, 5.41) is 24.3. The van der Waals surface area contributed by atoms with Gasteiger partial charge in [-0.3, -0.25) is 10.1 Å². The molecule has 0 saturated heterocycles. The number of anilines is 1. The number of rotatable bonds is 8. The van der Waals surface area contributed by atoms with Crippen molar-refractivity contribution in [1.82, 2.24) is 15.3 Å². The lowest BCUT2D eigenvalue weighted by Gasteiger charge is -2.16. The van der Waals surface area contributed by atoms with Crippen molar-refractivity contribution in [3.05, 3.63) is 53.9 Å². The molecule has 0 fully saturated rings. The van der Waals surface area contributed by atoms with E-state index in [-0.39, 0.29) is 6.54 Å². The number of aliphatic hydroxyl groups is 1. The quantitative estimate of drug-likeness (QED) is 0.576. The van der Waals surface area contributed by atoms with E-state index in [1.807, 2.05) is 30.3 Å². The van der Waals surface area contributed by atoms with Crippen molar-refractivity contribution in [3.63, 3.8) is 0 Å². The third-order valence-corrected chi connectivity index (χ3v) is 3.27. The maximum atomic E-state index is 11.0. The zero-order chi connectivity index (χ0) is 16.7. The first-order valence-electron chi connectivity index (χ1n) is 7.29. The molecule has 0 aliphatic heterocycles. The molecule has 2 aromatic rings. The normalized spacial score (nSPS) is 13.3. The van der Waals surface area contributed by atoms with Crippen LogP contribution in [0.4, 0.5) is 5.95 Å². The Balaban J connectivity index is 1.85. The SMILES string of the molecule is CC(O)C(NCc1cnc(NCc2ccccc2)nc1)C(=O)O. The van der Waals surface area contributed by atoms with E-state index in [2.05, 4.69) is 20.6 Å². The predicted molar refractivity (Wildman–Crippen MR) is 85.7 cm³/mol. The van der Waals surface area contributed by atoms with Crippen LogP contribution in [0.3, 0.4) is 0 Å². The van der Waals surface area contributed by atoms with Crippen molar-refractivity contribution >= 4 is 11.9 Å². The van der Waals surface area contributed by atoms with Crippen LogP contribution < -0.4 is 10.6 Å². The van der Waals surface area contributed by atoms with Gasteiger partial charge in [0.25, 0.3) is 0 Å². The minimum absolute atomic E-state index is 0.265. The fourth-order valence-corrected chi connectivity index (χ4v) is 2.01. The van der Waals surface area contributed by atoms with E-state index < -0.39 is 18.1 Å². The number of hydrogen-bond donors (Lipinski definition) is 4. The second kappa shape index (κ2) is 8.21. The van der Waals surface area contributed by atoms with Gasteiger partial charge >= 0.3 is 5.97 Å². The molecule has 0 aliphatic carbocycles. The highest BCUT2D eigenvalue weighted by molar-refractivity contribution is 5.74. The van der Waals surface area contributed by atoms with Crippen LogP contribution >= 0.6 is 0 Å². The van der Waals surface area contributed by atoms with Crippen LogP contribution in [0.5, 0.6) is 0 Å². The number of nitrogens with zero attached hydrogens (tertiary/aromatic N) is 2. The number of carbonyl (C=O) groups is 1. The van der Waals surface area contributed by atoms with Crippen LogP contribution in [0.15, 0.2) is 42.7 Å². The molecule has 2 atom stereocenters. The molecule has 0 saturated carbocycles. The fraction of sp³-hybridized carbons (Fsp3) is 0.312. The van der Waals surface area contributed by atoms with Crippen molar-refractivity contribution < 1.29 is 15.0 Å². The highest BCUT2D eigenvalue weighted by atomic mass is 16.4. The van der Waals surface area contributed by atoms with E-state index >= 15 is 0 Å². The van der Waals surface area contributed by atoms with Gasteiger partial charge in [-0.2, -0.15) is 0 Å². The predicted octanol–water partition coefficient (Wildman–Crippen LogP) is 1.01. The maximum absolute atomic E-state index is 11.0. The minimum atomic E-state index is -1.10. The number of aliphatic carboxylic acids is 1. The Kier molecular flexibility index (Phi) is 6.02. The lowest BCUT2D eigenvalue weighted by atomic mass is 10.2. The van der Waals surface area contributed by atoms with E-state index in [1.165, 1.54) is 6.92 Å². The smallest absolute Gasteiger partial charge is 0.323 e. The zero-order valence-corrected chi connectivity index (χ0v) is 12.8. The Morgan fingerprint density at radius 3 is 2.35 bits per heavy atom. The van der Waals surface area contributed by atoms with Gasteiger partial charge in [-0.1, -0.05) is 30.3 Å². The number of benzene rings is 1. The summed E-state index contributed by atoms with van der Waals surface area (Å²) in [6.45, 7) is 2.32. The third-order valence-electron chi connectivity index (χ3n) is 3.27. The highest BCUT2D eigenvalue weighted by Crippen LogP contribution is 2.05. The molecule has 4 N–H and O–H groups in total. The summed E-state index contributed by atoms with van der Waals surface area (Å²) in [5.41, 5.74) is 1.87. The summed E-state index contributed by atoms with van der Waals surface area (Å²) in [5.74, 6) is -0.593. The van der Waals surface area contributed by atoms with Crippen LogP contribution in [0.2, 0.25) is 0 Å². The molecule has 0 aliphatic rings. The summed E-state index contributed by atoms with van der Waals surface area (Å²) < 4.78 is 0. The van der Waals surface area contributed by atoms with E-state index in [0.717, 1.165) is 11.1 Å². The summed E-state index contributed by atoms with van der Waals surface area (Å²) in [4.78, 5) is 19.4. The van der Waals surface area contributed by atoms with E-state index in [4.69, 9.17) is 5.11 Å². The van der Waals surface area contributed by atoms with Crippen LogP contribution in [-0.4, -0.2) is 38.3 Å². The van der Waals surface area contributed by atoms with Gasteiger partial charge in [0, 0.05) is 31.0 Å². The van der Waals surface area contributed by atoms with Crippen molar-refractivity contribution in [2.45, 2.75) is 32.2 Å². The Labute approximate surface area is 134 Å². The van der Waals surface area contributed by atoms with Crippen molar-refractivity contribution in [2.75, 3.05) is 5.32 Å². The molecule has 7 heteroatoms. The first-order valence-corrected chi connectivity index (χ1v) is 7.29. The highest BCUT2D eigenvalue weighted by Gasteiger charge is 2.22. The number of aromatic nitrogens is 2. The Morgan fingerprint density at radius 2 is 1.78 bits per heavy atom. The summed E-state index contributed by atoms with van der Waals surface area (Å²) in [6.07, 6.45) is 2.25. The van der Waals surface area contributed by atoms with Crippen LogP contribution in [0.25, 0.3) is 0 Å². The van der Waals surface area contributed by atoms with Crippen LogP contribution in [0.1, 0.15) is 18.1 Å². The first-order chi connectivity index (χ1) is 11.1. The average molecular weight is 316 g/mol. The van der Waals surface area contributed by atoms with Gasteiger partial charge in [0.2, 0.25) is 5.95 Å². The van der Waals surface area contributed by atoms with Gasteiger partial charge < -0.3 is 15.5 Å². The lowest BCUT2D eigenvalue weighted by molar-refractivity contribution is -0.142. The molecule has 122 valence electrons. The van der Waals surface area contributed by atoms with Crippen LogP contribution in [0, 0.1) is 0 Å². The fourth-order valence-electron chi connectivity index (χ4n) is 2.01. The third kappa shape index (κ3) is 5.32. The molecule has 0 amide bonds. The van der Waals surface area contributed by atoms with Crippen molar-refractivity contribution in [2.24, 2.45) is 0 Å². The van der Waals surface area contributed by atoms with Gasteiger partial charge in [0.15, 0.2) is 0 Å². The second-order valence-corrected chi connectivity index (χ2v) is 5.19. The summed E-state index contributed by atoms with van der Waals surface area (Å²) in [7, 11) is 0. The summed E-state index contributed by atoms with van der Waals surface area (Å²) in [6, 6.07) is 8.88. The standard InChI is InChI=1S/C16H20N4O3/c1-11(21)14(15(22)23)17-8-13-9-19-16(20-10-13)18-7-12-5-3-2-4-6-12/h2-6,9-11,14,17,21H,7-8H2,1H3,(H,22,23)(H,18,19,20). The Morgan fingerprint density at radius 1 is 1.13 bits per heavy atom. The van der Waals surface area contributed by atoms with Gasteiger partial charge in [-0.05, 0) is 12.5 Å². The molecule has 2 unspecified atom stereocenters. The molecule has 2 rings (SSSR count). The average Bonchev–Trinajstić information content (AvgIpc) is 2.54. The molecular formula is C16H20N4O3. The Bertz CT molecular complexity index is 617. The van der Waals surface area contributed by atoms with Gasteiger partial charge in [0.05, 0.1) is 6.10 Å². The first kappa shape index (κ1) is 16.9. The van der Waals surface area contributed by atoms with E-state index in [0.29, 0.717) is 12.5 Å². The minimum Gasteiger partial charge on any atom is -0.480 e. The van der Waals surface area contributed by atoms with E-state index in [1.54, 1.807) is 12.4 Å². The number of carboxylic acids is 1. The molecule has 0 radical (unpaired) electrons. The monoisotopic (exact) mass is 316 g/mol. The second-order valence-electron chi connectivity index (χ2n) is 5.19. The molecule has 1 aromatic carbocycles. The number of carboxylic acid groups (broad SMARTS) is 1. The molecule has 1 heterocycles. The maximum Gasteiger partial charge on any atom is 0.323 e. The van der Waals surface area contributed by atoms with Crippen molar-refractivity contribution in [1.29, 1.82) is 0 Å². The lowest BCUT2D eigenvalue weighted by Crippen LogP contribution is -2.44. The van der Waals surface area contributed by atoms with Crippen molar-refractivity contribution in [3.8, 4) is 0 Å². The number of nitrogens with one attached hydrogen (secondary N) is 2. The summed E-state index contributed by atoms with van der Waals surface area (Å²) >= 11 is 0. The van der Waals surface area contributed by atoms with Gasteiger partial charge in [0.1, 0.15) is 6.04 Å². The largest absolute Gasteiger partial charge is 0.480 e. The molecule has 0 spiro atoms. The number of hydrogen-bond acceptors (Lipinski definition) is 6. The zero-order valence-electron chi connectivity index (χ0n) is 12.8. The topological polar surface area (TPSA) is 107 Å². The van der Waals surface area contributed by atoms with Gasteiger partial charge in [-0.25, -0.2) is 9.97 Å². The Hall–Kier alpha value is -2.51. The molecule has 23 heavy (non-hydrogen) atoms. The molecule has 7 nitrogen and oxygen atoms in total. The number of aliphatic hydroxyl groups excluding tert-OH is 1. The van der Waals surface area contributed by atoms with Gasteiger partial charge in [-0.15, -0.1) is 0 Å². The molecule has 1 aromatic heterocycles. The molecular weight excluding hydrogens is 296 g/mol. The van der Waals surface area contributed by atoms with Crippen LogP contribution in [-0.2, 0) is 17.9 Å². The van der Waals surface area contributed by atoms with E-state index in [9.17, 15) is 9.90 Å². The molecule has 0 bridgehead atoms.